The topological polar surface area (TPSA) is 41.9 Å². The van der Waals surface area contributed by atoms with Crippen molar-refractivity contribution in [3.63, 3.8) is 0 Å². The van der Waals surface area contributed by atoms with Crippen molar-refractivity contribution in [3.05, 3.63) is 74.9 Å². The number of benzene rings is 2. The number of aromatic nitrogens is 2. The second-order valence-electron chi connectivity index (χ2n) is 5.43. The molecule has 10 heteroatoms. The van der Waals surface area contributed by atoms with Crippen LogP contribution in [-0.2, 0) is 6.54 Å². The van der Waals surface area contributed by atoms with Gasteiger partial charge in [-0.3, -0.25) is 4.68 Å². The van der Waals surface area contributed by atoms with E-state index < -0.39 is 11.6 Å². The van der Waals surface area contributed by atoms with Gasteiger partial charge in [-0.25, -0.2) is 8.78 Å². The Balaban J connectivity index is 1.71. The number of halogens is 5. The van der Waals surface area contributed by atoms with Crippen molar-refractivity contribution in [3.8, 4) is 0 Å². The SMILES string of the molecule is Fc1ccc(NC(=S)Nc2nn(Cc3c(F)cccc3Cl)cc2Cl)cc1Cl. The van der Waals surface area contributed by atoms with E-state index in [1.54, 1.807) is 6.07 Å². The molecule has 0 aliphatic heterocycles. The molecule has 0 amide bonds. The number of hydrogen-bond donors (Lipinski definition) is 2. The van der Waals surface area contributed by atoms with Crippen molar-refractivity contribution >= 4 is 63.6 Å². The molecule has 0 bridgehead atoms. The van der Waals surface area contributed by atoms with E-state index in [1.807, 2.05) is 0 Å². The van der Waals surface area contributed by atoms with Gasteiger partial charge in [-0.2, -0.15) is 5.10 Å². The molecule has 27 heavy (non-hydrogen) atoms. The van der Waals surface area contributed by atoms with Gasteiger partial charge < -0.3 is 10.6 Å². The Morgan fingerprint density at radius 1 is 1.00 bits per heavy atom. The molecule has 140 valence electrons. The number of nitrogens with zero attached hydrogens (tertiary/aromatic N) is 2. The van der Waals surface area contributed by atoms with Gasteiger partial charge in [-0.1, -0.05) is 40.9 Å². The molecule has 0 spiro atoms. The molecule has 3 aromatic rings. The second-order valence-corrected chi connectivity index (χ2v) is 7.06. The van der Waals surface area contributed by atoms with E-state index in [2.05, 4.69) is 15.7 Å². The molecule has 0 aliphatic carbocycles. The van der Waals surface area contributed by atoms with Gasteiger partial charge in [0.2, 0.25) is 0 Å². The highest BCUT2D eigenvalue weighted by molar-refractivity contribution is 7.80. The Kier molecular flexibility index (Phi) is 6.16. The third-order valence-corrected chi connectivity index (χ3v) is 4.63. The number of anilines is 2. The van der Waals surface area contributed by atoms with Crippen LogP contribution in [0.3, 0.4) is 0 Å². The fourth-order valence-corrected chi connectivity index (χ4v) is 3.07. The quantitative estimate of drug-likeness (QED) is 0.483. The van der Waals surface area contributed by atoms with Gasteiger partial charge in [0.15, 0.2) is 10.9 Å². The molecular weight excluding hydrogens is 437 g/mol. The van der Waals surface area contributed by atoms with Gasteiger partial charge in [0.1, 0.15) is 16.7 Å². The van der Waals surface area contributed by atoms with Crippen molar-refractivity contribution in [2.24, 2.45) is 0 Å². The van der Waals surface area contributed by atoms with Crippen LogP contribution in [0, 0.1) is 11.6 Å². The lowest BCUT2D eigenvalue weighted by Crippen LogP contribution is -2.19. The van der Waals surface area contributed by atoms with Gasteiger partial charge in [0.25, 0.3) is 0 Å². The Hall–Kier alpha value is -1.93. The van der Waals surface area contributed by atoms with Crippen molar-refractivity contribution in [1.82, 2.24) is 9.78 Å². The molecule has 1 aromatic heterocycles. The highest BCUT2D eigenvalue weighted by Crippen LogP contribution is 2.24. The number of thiocarbonyl (C=S) groups is 1. The predicted octanol–water partition coefficient (Wildman–Crippen LogP) is 5.98. The van der Waals surface area contributed by atoms with Crippen molar-refractivity contribution in [1.29, 1.82) is 0 Å². The lowest BCUT2D eigenvalue weighted by atomic mass is 10.2. The smallest absolute Gasteiger partial charge is 0.176 e. The summed E-state index contributed by atoms with van der Waals surface area (Å²) in [4.78, 5) is 0. The lowest BCUT2D eigenvalue weighted by Gasteiger charge is -2.09. The van der Waals surface area contributed by atoms with Gasteiger partial charge >= 0.3 is 0 Å². The summed E-state index contributed by atoms with van der Waals surface area (Å²) < 4.78 is 28.6. The fraction of sp³-hybridized carbons (Fsp3) is 0.0588. The van der Waals surface area contributed by atoms with Crippen LogP contribution in [0.5, 0.6) is 0 Å². The Morgan fingerprint density at radius 2 is 1.78 bits per heavy atom. The summed E-state index contributed by atoms with van der Waals surface area (Å²) in [5.74, 6) is -0.696. The van der Waals surface area contributed by atoms with Crippen molar-refractivity contribution < 1.29 is 8.78 Å². The number of rotatable bonds is 4. The first-order valence-corrected chi connectivity index (χ1v) is 9.06. The van der Waals surface area contributed by atoms with Gasteiger partial charge in [-0.15, -0.1) is 0 Å². The molecule has 0 unspecified atom stereocenters. The lowest BCUT2D eigenvalue weighted by molar-refractivity contribution is 0.586. The van der Waals surface area contributed by atoms with E-state index >= 15 is 0 Å². The molecule has 0 fully saturated rings. The molecule has 2 N–H and O–H groups in total. The van der Waals surface area contributed by atoms with Crippen molar-refractivity contribution in [2.75, 3.05) is 10.6 Å². The molecule has 4 nitrogen and oxygen atoms in total. The van der Waals surface area contributed by atoms with E-state index in [-0.39, 0.29) is 27.5 Å². The summed E-state index contributed by atoms with van der Waals surface area (Å²) in [6.45, 7) is 0.0979. The minimum Gasteiger partial charge on any atom is -0.332 e. The molecule has 0 aliphatic rings. The first kappa shape index (κ1) is 19.8. The Morgan fingerprint density at radius 3 is 2.48 bits per heavy atom. The average Bonchev–Trinajstić information content (AvgIpc) is 2.94. The highest BCUT2D eigenvalue weighted by atomic mass is 35.5. The van der Waals surface area contributed by atoms with E-state index in [0.717, 1.165) is 0 Å². The van der Waals surface area contributed by atoms with Crippen LogP contribution in [0.15, 0.2) is 42.6 Å². The Labute approximate surface area is 174 Å². The third kappa shape index (κ3) is 4.87. The third-order valence-electron chi connectivity index (χ3n) is 3.51. The van der Waals surface area contributed by atoms with Crippen LogP contribution in [0.2, 0.25) is 15.1 Å². The molecule has 0 saturated heterocycles. The second kappa shape index (κ2) is 8.39. The normalized spacial score (nSPS) is 10.7. The van der Waals surface area contributed by atoms with E-state index in [9.17, 15) is 8.78 Å². The van der Waals surface area contributed by atoms with E-state index in [4.69, 9.17) is 47.0 Å². The van der Waals surface area contributed by atoms with Gasteiger partial charge in [0.05, 0.1) is 11.6 Å². The molecule has 0 saturated carbocycles. The van der Waals surface area contributed by atoms with Crippen LogP contribution in [0.25, 0.3) is 0 Å². The largest absolute Gasteiger partial charge is 0.332 e. The highest BCUT2D eigenvalue weighted by Gasteiger charge is 2.13. The molecule has 0 radical (unpaired) electrons. The summed E-state index contributed by atoms with van der Waals surface area (Å²) in [6.07, 6.45) is 1.52. The molecule has 0 atom stereocenters. The summed E-state index contributed by atoms with van der Waals surface area (Å²) >= 11 is 23.1. The van der Waals surface area contributed by atoms with E-state index in [1.165, 1.54) is 41.2 Å². The summed E-state index contributed by atoms with van der Waals surface area (Å²) in [6, 6.07) is 8.53. The summed E-state index contributed by atoms with van der Waals surface area (Å²) in [7, 11) is 0. The standard InChI is InChI=1S/C17H11Cl3F2N4S/c18-11-2-1-3-14(21)10(11)7-26-8-13(20)16(25-26)24-17(27)23-9-4-5-15(22)12(19)6-9/h1-6,8H,7H2,(H2,23,24,25,27). The monoisotopic (exact) mass is 446 g/mol. The maximum Gasteiger partial charge on any atom is 0.176 e. The first-order chi connectivity index (χ1) is 12.8. The first-order valence-electron chi connectivity index (χ1n) is 7.52. The maximum atomic E-state index is 13.9. The van der Waals surface area contributed by atoms with Crippen molar-refractivity contribution in [2.45, 2.75) is 6.54 Å². The zero-order valence-corrected chi connectivity index (χ0v) is 16.5. The number of nitrogens with one attached hydrogen (secondary N) is 2. The Bertz CT molecular complexity index is 990. The summed E-state index contributed by atoms with van der Waals surface area (Å²) in [5.41, 5.74) is 0.791. The molecule has 3 rings (SSSR count). The van der Waals surface area contributed by atoms with Crippen LogP contribution in [0.1, 0.15) is 5.56 Å². The average molecular weight is 448 g/mol. The zero-order valence-electron chi connectivity index (χ0n) is 13.4. The predicted molar refractivity (Wildman–Crippen MR) is 109 cm³/mol. The van der Waals surface area contributed by atoms with Gasteiger partial charge in [-0.05, 0) is 42.5 Å². The van der Waals surface area contributed by atoms with E-state index in [0.29, 0.717) is 16.3 Å². The van der Waals surface area contributed by atoms with Gasteiger partial charge in [0, 0.05) is 22.5 Å². The summed E-state index contributed by atoms with van der Waals surface area (Å²) in [5, 5.41) is 10.6. The maximum absolute atomic E-state index is 13.9. The molecular formula is C17H11Cl3F2N4S. The van der Waals surface area contributed by atoms with Crippen LogP contribution >= 0.6 is 47.0 Å². The van der Waals surface area contributed by atoms with Crippen LogP contribution in [0.4, 0.5) is 20.3 Å². The zero-order chi connectivity index (χ0) is 19.6. The molecule has 2 aromatic carbocycles. The minimum absolute atomic E-state index is 0.0353. The van der Waals surface area contributed by atoms with Crippen LogP contribution < -0.4 is 10.6 Å². The minimum atomic E-state index is -0.533. The molecule has 1 heterocycles. The fourth-order valence-electron chi connectivity index (χ4n) is 2.25. The van der Waals surface area contributed by atoms with Crippen LogP contribution in [-0.4, -0.2) is 14.9 Å². The number of hydrogen-bond acceptors (Lipinski definition) is 2.